The number of anilines is 1. The molecule has 2 aromatic rings. The Balaban J connectivity index is 1.94. The number of ketones is 1. The van der Waals surface area contributed by atoms with Gasteiger partial charge in [-0.15, -0.1) is 0 Å². The summed E-state index contributed by atoms with van der Waals surface area (Å²) in [5, 5.41) is 2.97. The van der Waals surface area contributed by atoms with Crippen LogP contribution in [0.1, 0.15) is 12.5 Å². The third-order valence-corrected chi connectivity index (χ3v) is 4.11. The fourth-order valence-corrected chi connectivity index (χ4v) is 2.75. The van der Waals surface area contributed by atoms with Crippen molar-refractivity contribution in [3.05, 3.63) is 71.3 Å². The zero-order valence-electron chi connectivity index (χ0n) is 16.4. The van der Waals surface area contributed by atoms with E-state index in [1.807, 2.05) is 18.2 Å². The number of hydrogen-bond acceptors (Lipinski definition) is 7. The van der Waals surface area contributed by atoms with Crippen molar-refractivity contribution in [1.29, 1.82) is 0 Å². The predicted octanol–water partition coefficient (Wildman–Crippen LogP) is 3.53. The van der Waals surface area contributed by atoms with Crippen LogP contribution >= 0.6 is 0 Å². The van der Waals surface area contributed by atoms with Crippen molar-refractivity contribution in [2.75, 3.05) is 26.1 Å². The molecule has 1 aliphatic heterocycles. The first-order valence-corrected chi connectivity index (χ1v) is 8.97. The van der Waals surface area contributed by atoms with Gasteiger partial charge >= 0.3 is 5.97 Å². The molecule has 0 spiro atoms. The van der Waals surface area contributed by atoms with Crippen molar-refractivity contribution < 1.29 is 28.5 Å². The Morgan fingerprint density at radius 3 is 2.45 bits per heavy atom. The summed E-state index contributed by atoms with van der Waals surface area (Å²) in [4.78, 5) is 25.2. The quantitative estimate of drug-likeness (QED) is 0.436. The van der Waals surface area contributed by atoms with Crippen LogP contribution in [0.5, 0.6) is 11.5 Å². The molecule has 0 radical (unpaired) electrons. The van der Waals surface area contributed by atoms with Crippen molar-refractivity contribution >= 4 is 23.5 Å². The van der Waals surface area contributed by atoms with E-state index in [-0.39, 0.29) is 23.8 Å². The van der Waals surface area contributed by atoms with Crippen LogP contribution in [-0.4, -0.2) is 32.6 Å². The first-order valence-electron chi connectivity index (χ1n) is 8.97. The molecule has 0 bridgehead atoms. The van der Waals surface area contributed by atoms with Gasteiger partial charge in [-0.05, 0) is 42.8 Å². The molecule has 1 heterocycles. The minimum absolute atomic E-state index is 0.00120. The van der Waals surface area contributed by atoms with Crippen LogP contribution in [0.3, 0.4) is 0 Å². The monoisotopic (exact) mass is 395 g/mol. The minimum Gasteiger partial charge on any atom is -0.493 e. The maximum Gasteiger partial charge on any atom is 0.347 e. The molecule has 0 unspecified atom stereocenters. The van der Waals surface area contributed by atoms with Crippen molar-refractivity contribution in [2.24, 2.45) is 0 Å². The molecule has 29 heavy (non-hydrogen) atoms. The number of Topliss-reactive ketones (excluding diaryl/α,β-unsaturated/α-hetero) is 1. The lowest BCUT2D eigenvalue weighted by molar-refractivity contribution is -0.139. The van der Waals surface area contributed by atoms with Gasteiger partial charge in [-0.1, -0.05) is 24.3 Å². The van der Waals surface area contributed by atoms with Crippen LogP contribution in [0.15, 0.2) is 65.7 Å². The van der Waals surface area contributed by atoms with Crippen LogP contribution in [0.2, 0.25) is 0 Å². The van der Waals surface area contributed by atoms with Gasteiger partial charge < -0.3 is 24.3 Å². The minimum atomic E-state index is -0.744. The summed E-state index contributed by atoms with van der Waals surface area (Å²) in [6, 6.07) is 14.3. The number of nitrogens with one attached hydrogen (secondary N) is 1. The van der Waals surface area contributed by atoms with Crippen LogP contribution in [-0.2, 0) is 19.1 Å². The lowest BCUT2D eigenvalue weighted by Gasteiger charge is -2.09. The molecule has 1 aliphatic rings. The van der Waals surface area contributed by atoms with Gasteiger partial charge in [0, 0.05) is 5.69 Å². The SMILES string of the molecule is CCOC(=O)C1=C(Nc2ccccc2)O/C(=C\c2ccc(OC)c(OC)c2)C1=O. The zero-order valence-corrected chi connectivity index (χ0v) is 16.4. The standard InChI is InChI=1S/C22H21NO6/c1-4-28-22(25)19-20(24)18(29-21(19)23-15-8-6-5-7-9-15)13-14-10-11-16(26-2)17(12-14)27-3/h5-13,23H,4H2,1-3H3/b18-13-. The van der Waals surface area contributed by atoms with Crippen LogP contribution in [0.4, 0.5) is 5.69 Å². The normalized spacial score (nSPS) is 14.6. The maximum absolute atomic E-state index is 12.9. The number of rotatable bonds is 7. The van der Waals surface area contributed by atoms with Crippen molar-refractivity contribution in [2.45, 2.75) is 6.92 Å². The van der Waals surface area contributed by atoms with Gasteiger partial charge in [0.2, 0.25) is 11.7 Å². The van der Waals surface area contributed by atoms with Gasteiger partial charge in [-0.2, -0.15) is 0 Å². The number of allylic oxidation sites excluding steroid dienone is 1. The Kier molecular flexibility index (Phi) is 6.19. The number of hydrogen-bond donors (Lipinski definition) is 1. The van der Waals surface area contributed by atoms with E-state index in [9.17, 15) is 9.59 Å². The zero-order chi connectivity index (χ0) is 20.8. The molecule has 0 saturated heterocycles. The van der Waals surface area contributed by atoms with Crippen molar-refractivity contribution in [1.82, 2.24) is 0 Å². The lowest BCUT2D eigenvalue weighted by Crippen LogP contribution is -2.16. The summed E-state index contributed by atoms with van der Waals surface area (Å²) in [5.41, 5.74) is 1.14. The number of para-hydroxylation sites is 1. The number of carbonyl (C=O) groups excluding carboxylic acids is 2. The molecule has 1 N–H and O–H groups in total. The van der Waals surface area contributed by atoms with Gasteiger partial charge in [-0.25, -0.2) is 4.79 Å². The summed E-state index contributed by atoms with van der Waals surface area (Å²) < 4.78 is 21.2. The highest BCUT2D eigenvalue weighted by atomic mass is 16.5. The first-order chi connectivity index (χ1) is 14.1. The highest BCUT2D eigenvalue weighted by Gasteiger charge is 2.37. The van der Waals surface area contributed by atoms with Gasteiger partial charge in [0.05, 0.1) is 20.8 Å². The molecule has 0 aromatic heterocycles. The molecule has 7 heteroatoms. The Labute approximate surface area is 168 Å². The van der Waals surface area contributed by atoms with E-state index in [0.29, 0.717) is 22.7 Å². The molecule has 0 fully saturated rings. The van der Waals surface area contributed by atoms with E-state index in [4.69, 9.17) is 18.9 Å². The van der Waals surface area contributed by atoms with E-state index >= 15 is 0 Å². The first kappa shape index (κ1) is 20.0. The second-order valence-electron chi connectivity index (χ2n) is 5.97. The highest BCUT2D eigenvalue weighted by Crippen LogP contribution is 2.32. The van der Waals surface area contributed by atoms with E-state index < -0.39 is 11.8 Å². The fraction of sp³-hybridized carbons (Fsp3) is 0.182. The summed E-state index contributed by atoms with van der Waals surface area (Å²) in [5.74, 6) is -0.202. The number of benzene rings is 2. The Hall–Kier alpha value is -3.74. The third kappa shape index (κ3) is 4.40. The molecule has 150 valence electrons. The van der Waals surface area contributed by atoms with Gasteiger partial charge in [0.25, 0.3) is 0 Å². The smallest absolute Gasteiger partial charge is 0.347 e. The van der Waals surface area contributed by atoms with Gasteiger partial charge in [-0.3, -0.25) is 4.79 Å². The fourth-order valence-electron chi connectivity index (χ4n) is 2.75. The van der Waals surface area contributed by atoms with Gasteiger partial charge in [0.15, 0.2) is 22.8 Å². The number of esters is 1. The number of ether oxygens (including phenoxy) is 4. The average molecular weight is 395 g/mol. The predicted molar refractivity (Wildman–Crippen MR) is 107 cm³/mol. The second-order valence-corrected chi connectivity index (χ2v) is 5.97. The molecule has 0 atom stereocenters. The molecule has 0 saturated carbocycles. The largest absolute Gasteiger partial charge is 0.493 e. The topological polar surface area (TPSA) is 83.1 Å². The second kappa shape index (κ2) is 8.97. The summed E-state index contributed by atoms with van der Waals surface area (Å²) >= 11 is 0. The molecule has 3 rings (SSSR count). The maximum atomic E-state index is 12.9. The highest BCUT2D eigenvalue weighted by molar-refractivity contribution is 6.26. The summed E-state index contributed by atoms with van der Waals surface area (Å²) in [6.07, 6.45) is 1.53. The molecular weight excluding hydrogens is 374 g/mol. The lowest BCUT2D eigenvalue weighted by atomic mass is 10.1. The molecule has 2 aromatic carbocycles. The van der Waals surface area contributed by atoms with E-state index in [1.54, 1.807) is 37.3 Å². The van der Waals surface area contributed by atoms with E-state index in [2.05, 4.69) is 5.32 Å². The van der Waals surface area contributed by atoms with Gasteiger partial charge in [0.1, 0.15) is 0 Å². The molecule has 0 amide bonds. The molecule has 7 nitrogen and oxygen atoms in total. The number of carbonyl (C=O) groups is 2. The molecular formula is C22H21NO6. The van der Waals surface area contributed by atoms with Crippen LogP contribution in [0, 0.1) is 0 Å². The summed E-state index contributed by atoms with van der Waals surface area (Å²) in [7, 11) is 3.06. The Morgan fingerprint density at radius 1 is 1.07 bits per heavy atom. The third-order valence-electron chi connectivity index (χ3n) is 4.11. The molecule has 0 aliphatic carbocycles. The Bertz CT molecular complexity index is 978. The average Bonchev–Trinajstić information content (AvgIpc) is 3.03. The van der Waals surface area contributed by atoms with Crippen molar-refractivity contribution in [3.63, 3.8) is 0 Å². The van der Waals surface area contributed by atoms with Crippen LogP contribution < -0.4 is 14.8 Å². The van der Waals surface area contributed by atoms with Crippen LogP contribution in [0.25, 0.3) is 6.08 Å². The summed E-state index contributed by atoms with van der Waals surface area (Å²) in [6.45, 7) is 1.81. The van der Waals surface area contributed by atoms with Crippen molar-refractivity contribution in [3.8, 4) is 11.5 Å². The number of methoxy groups -OCH3 is 2. The van der Waals surface area contributed by atoms with E-state index in [1.165, 1.54) is 20.3 Å². The Morgan fingerprint density at radius 2 is 1.79 bits per heavy atom. The van der Waals surface area contributed by atoms with E-state index in [0.717, 1.165) is 0 Å².